The highest BCUT2D eigenvalue weighted by Crippen LogP contribution is 2.38. The number of halogens is 2. The molecule has 5 heteroatoms. The van der Waals surface area contributed by atoms with Gasteiger partial charge in [0.1, 0.15) is 12.9 Å². The molecule has 0 saturated carbocycles. The van der Waals surface area contributed by atoms with Gasteiger partial charge in [-0.1, -0.05) is 12.1 Å². The standard InChI is InChI=1S/C20H17F2N2O/c1-10-5-8-14(24(4)9-10)15-11(2)6-7-13-16-17(21)12(3)19(22)23-20(16)25-18(13)15/h5-9H,1-4H3/q+1. The molecule has 0 amide bonds. The van der Waals surface area contributed by atoms with Gasteiger partial charge < -0.3 is 4.42 Å². The molecule has 0 atom stereocenters. The SMILES string of the molecule is Cc1ccc(-c2c(C)ccc3c2oc2nc(F)c(C)c(F)c23)[n+](C)c1. The Balaban J connectivity index is 2.17. The van der Waals surface area contributed by atoms with Crippen LogP contribution in [-0.4, -0.2) is 4.98 Å². The lowest BCUT2D eigenvalue weighted by molar-refractivity contribution is -0.660. The van der Waals surface area contributed by atoms with Crippen molar-refractivity contribution in [3.05, 3.63) is 58.9 Å². The van der Waals surface area contributed by atoms with Crippen molar-refractivity contribution in [1.29, 1.82) is 0 Å². The summed E-state index contributed by atoms with van der Waals surface area (Å²) in [5.41, 5.74) is 4.32. The summed E-state index contributed by atoms with van der Waals surface area (Å²) in [6.07, 6.45) is 2.01. The molecule has 4 aromatic rings. The number of hydrogen-bond acceptors (Lipinski definition) is 2. The lowest BCUT2D eigenvalue weighted by Gasteiger charge is -2.05. The molecular weight excluding hydrogens is 322 g/mol. The molecule has 0 N–H and O–H groups in total. The van der Waals surface area contributed by atoms with Crippen molar-refractivity contribution >= 4 is 22.1 Å². The van der Waals surface area contributed by atoms with Gasteiger partial charge in [-0.15, -0.1) is 0 Å². The van der Waals surface area contributed by atoms with E-state index in [1.165, 1.54) is 6.92 Å². The monoisotopic (exact) mass is 339 g/mol. The number of fused-ring (bicyclic) bond motifs is 3. The quantitative estimate of drug-likeness (QED) is 0.372. The second-order valence-corrected chi connectivity index (χ2v) is 6.46. The number of aromatic nitrogens is 2. The Morgan fingerprint density at radius 1 is 1.04 bits per heavy atom. The summed E-state index contributed by atoms with van der Waals surface area (Å²) < 4.78 is 36.3. The van der Waals surface area contributed by atoms with Gasteiger partial charge in [-0.05, 0) is 32.4 Å². The van der Waals surface area contributed by atoms with E-state index in [1.54, 1.807) is 6.07 Å². The molecule has 3 aromatic heterocycles. The zero-order valence-corrected chi connectivity index (χ0v) is 14.4. The first kappa shape index (κ1) is 15.7. The molecule has 3 nitrogen and oxygen atoms in total. The van der Waals surface area contributed by atoms with Crippen LogP contribution in [0.3, 0.4) is 0 Å². The average molecular weight is 339 g/mol. The van der Waals surface area contributed by atoms with Crippen LogP contribution in [0.15, 0.2) is 34.9 Å². The molecule has 0 fully saturated rings. The number of pyridine rings is 2. The van der Waals surface area contributed by atoms with Crippen molar-refractivity contribution in [2.24, 2.45) is 7.05 Å². The fourth-order valence-corrected chi connectivity index (χ4v) is 3.31. The molecule has 0 aliphatic heterocycles. The Hall–Kier alpha value is -2.82. The van der Waals surface area contributed by atoms with Crippen molar-refractivity contribution < 1.29 is 17.8 Å². The number of hydrogen-bond donors (Lipinski definition) is 0. The maximum atomic E-state index is 14.6. The van der Waals surface area contributed by atoms with E-state index < -0.39 is 11.8 Å². The van der Waals surface area contributed by atoms with Crippen LogP contribution in [0, 0.1) is 32.5 Å². The zero-order chi connectivity index (χ0) is 17.9. The van der Waals surface area contributed by atoms with Gasteiger partial charge in [0.2, 0.25) is 17.4 Å². The summed E-state index contributed by atoms with van der Waals surface area (Å²) in [6.45, 7) is 5.37. The smallest absolute Gasteiger partial charge is 0.232 e. The predicted octanol–water partition coefficient (Wildman–Crippen LogP) is 4.68. The lowest BCUT2D eigenvalue weighted by Crippen LogP contribution is -2.31. The number of furan rings is 1. The largest absolute Gasteiger partial charge is 0.437 e. The molecule has 25 heavy (non-hydrogen) atoms. The molecule has 0 aliphatic carbocycles. The average Bonchev–Trinajstić information content (AvgIpc) is 2.92. The van der Waals surface area contributed by atoms with E-state index in [-0.39, 0.29) is 16.7 Å². The Morgan fingerprint density at radius 3 is 2.52 bits per heavy atom. The van der Waals surface area contributed by atoms with Gasteiger partial charge in [0.15, 0.2) is 11.8 Å². The molecule has 0 saturated heterocycles. The molecule has 126 valence electrons. The van der Waals surface area contributed by atoms with Gasteiger partial charge in [0.05, 0.1) is 10.9 Å². The minimum absolute atomic E-state index is 0.0165. The lowest BCUT2D eigenvalue weighted by atomic mass is 10.00. The van der Waals surface area contributed by atoms with E-state index in [9.17, 15) is 8.78 Å². The molecular formula is C20H17F2N2O+. The van der Waals surface area contributed by atoms with Crippen LogP contribution in [-0.2, 0) is 7.05 Å². The van der Waals surface area contributed by atoms with Crippen molar-refractivity contribution in [3.63, 3.8) is 0 Å². The van der Waals surface area contributed by atoms with E-state index in [4.69, 9.17) is 4.42 Å². The third-order valence-electron chi connectivity index (χ3n) is 4.64. The number of aryl methyl sites for hydroxylation is 3. The van der Waals surface area contributed by atoms with E-state index >= 15 is 0 Å². The van der Waals surface area contributed by atoms with Gasteiger partial charge in [-0.25, -0.2) is 8.96 Å². The third-order valence-corrected chi connectivity index (χ3v) is 4.64. The Labute approximate surface area is 143 Å². The second kappa shape index (κ2) is 5.34. The van der Waals surface area contributed by atoms with Crippen LogP contribution in [0.25, 0.3) is 33.3 Å². The topological polar surface area (TPSA) is 29.9 Å². The second-order valence-electron chi connectivity index (χ2n) is 6.46. The minimum atomic E-state index is -0.844. The van der Waals surface area contributed by atoms with E-state index in [0.29, 0.717) is 11.0 Å². The van der Waals surface area contributed by atoms with Crippen LogP contribution < -0.4 is 4.57 Å². The summed E-state index contributed by atoms with van der Waals surface area (Å²) in [6, 6.07) is 7.74. The Kier molecular flexibility index (Phi) is 3.35. The van der Waals surface area contributed by atoms with Crippen LogP contribution in [0.5, 0.6) is 0 Å². The van der Waals surface area contributed by atoms with E-state index in [0.717, 1.165) is 22.4 Å². The molecule has 0 aliphatic rings. The van der Waals surface area contributed by atoms with Crippen LogP contribution in [0.4, 0.5) is 8.78 Å². The van der Waals surface area contributed by atoms with Crippen molar-refractivity contribution in [2.75, 3.05) is 0 Å². The van der Waals surface area contributed by atoms with Crippen molar-refractivity contribution in [3.8, 4) is 11.3 Å². The van der Waals surface area contributed by atoms with Gasteiger partial charge in [-0.2, -0.15) is 9.37 Å². The normalized spacial score (nSPS) is 11.6. The minimum Gasteiger partial charge on any atom is -0.437 e. The molecule has 0 spiro atoms. The van der Waals surface area contributed by atoms with Gasteiger partial charge in [0.25, 0.3) is 0 Å². The van der Waals surface area contributed by atoms with E-state index in [2.05, 4.69) is 4.98 Å². The van der Waals surface area contributed by atoms with E-state index in [1.807, 2.05) is 49.9 Å². The first-order valence-electron chi connectivity index (χ1n) is 8.02. The summed E-state index contributed by atoms with van der Waals surface area (Å²) in [5.74, 6) is -1.47. The first-order chi connectivity index (χ1) is 11.9. The Morgan fingerprint density at radius 2 is 1.80 bits per heavy atom. The summed E-state index contributed by atoms with van der Waals surface area (Å²) in [7, 11) is 1.95. The fraction of sp³-hybridized carbons (Fsp3) is 0.200. The van der Waals surface area contributed by atoms with Crippen LogP contribution >= 0.6 is 0 Å². The Bertz CT molecular complexity index is 1160. The maximum Gasteiger partial charge on any atom is 0.232 e. The summed E-state index contributed by atoms with van der Waals surface area (Å²) in [4.78, 5) is 3.79. The van der Waals surface area contributed by atoms with Gasteiger partial charge in [-0.3, -0.25) is 0 Å². The molecule has 1 aromatic carbocycles. The van der Waals surface area contributed by atoms with Crippen molar-refractivity contribution in [2.45, 2.75) is 20.8 Å². The van der Waals surface area contributed by atoms with Gasteiger partial charge in [0, 0.05) is 22.6 Å². The number of benzene rings is 1. The molecule has 0 unspecified atom stereocenters. The summed E-state index contributed by atoms with van der Waals surface area (Å²) in [5, 5.41) is 0.828. The fourth-order valence-electron chi connectivity index (χ4n) is 3.31. The highest BCUT2D eigenvalue weighted by atomic mass is 19.1. The molecule has 0 bridgehead atoms. The summed E-state index contributed by atoms with van der Waals surface area (Å²) >= 11 is 0. The maximum absolute atomic E-state index is 14.6. The first-order valence-corrected chi connectivity index (χ1v) is 8.02. The predicted molar refractivity (Wildman–Crippen MR) is 92.3 cm³/mol. The van der Waals surface area contributed by atoms with Crippen LogP contribution in [0.1, 0.15) is 16.7 Å². The van der Waals surface area contributed by atoms with Gasteiger partial charge >= 0.3 is 0 Å². The number of rotatable bonds is 1. The number of nitrogens with zero attached hydrogens (tertiary/aromatic N) is 2. The molecule has 3 heterocycles. The molecule has 0 radical (unpaired) electrons. The van der Waals surface area contributed by atoms with Crippen LogP contribution in [0.2, 0.25) is 0 Å². The third kappa shape index (κ3) is 2.22. The van der Waals surface area contributed by atoms with Crippen molar-refractivity contribution in [1.82, 2.24) is 4.98 Å². The highest BCUT2D eigenvalue weighted by molar-refractivity contribution is 6.09. The molecule has 4 rings (SSSR count). The zero-order valence-electron chi connectivity index (χ0n) is 14.4. The highest BCUT2D eigenvalue weighted by Gasteiger charge is 2.24.